The first-order valence-electron chi connectivity index (χ1n) is 16.5. The normalized spacial score (nSPS) is 11.4. The zero-order valence-electron chi connectivity index (χ0n) is 27.5. The van der Waals surface area contributed by atoms with Crippen LogP contribution < -0.4 is 46.7 Å². The quantitative estimate of drug-likeness (QED) is 0.0310. The molecule has 0 fully saturated rings. The Morgan fingerprint density at radius 2 is 1.17 bits per heavy atom. The van der Waals surface area contributed by atoms with Crippen LogP contribution in [-0.2, 0) is 10.1 Å². The summed E-state index contributed by atoms with van der Waals surface area (Å²) in [6.07, 6.45) is 23.6. The van der Waals surface area contributed by atoms with E-state index in [1.807, 2.05) is 6.92 Å². The fourth-order valence-electron chi connectivity index (χ4n) is 4.72. The van der Waals surface area contributed by atoms with E-state index in [0.717, 1.165) is 70.5 Å². The lowest BCUT2D eigenvalue weighted by Gasteiger charge is -2.21. The van der Waals surface area contributed by atoms with Crippen LogP contribution in [0, 0.1) is 0 Å². The third-order valence-corrected chi connectivity index (χ3v) is 7.82. The van der Waals surface area contributed by atoms with Crippen LogP contribution in [0.4, 0.5) is 0 Å². The molecule has 0 radical (unpaired) electrons. The number of hydrogen-bond donors (Lipinski definition) is 4. The van der Waals surface area contributed by atoms with E-state index < -0.39 is 10.1 Å². The fourth-order valence-corrected chi connectivity index (χ4v) is 5.20. The van der Waals surface area contributed by atoms with Gasteiger partial charge in [0.05, 0.1) is 16.7 Å². The van der Waals surface area contributed by atoms with Crippen molar-refractivity contribution >= 4 is 21.7 Å². The third-order valence-electron chi connectivity index (χ3n) is 7.04. The van der Waals surface area contributed by atoms with Crippen molar-refractivity contribution in [3.63, 3.8) is 0 Å². The monoisotopic (exact) mass is 660 g/mol. The van der Waals surface area contributed by atoms with Gasteiger partial charge < -0.3 is 40.0 Å². The van der Waals surface area contributed by atoms with Crippen LogP contribution in [0.1, 0.15) is 149 Å². The van der Waals surface area contributed by atoms with E-state index in [9.17, 15) is 13.0 Å². The number of amidine groups is 1. The van der Waals surface area contributed by atoms with Crippen molar-refractivity contribution in [1.82, 2.24) is 4.90 Å². The molecule has 8 nitrogen and oxygen atoms in total. The van der Waals surface area contributed by atoms with Gasteiger partial charge in [-0.15, -0.1) is 0 Å². The first kappa shape index (κ1) is 48.5. The summed E-state index contributed by atoms with van der Waals surface area (Å²) in [5.74, 6) is 0.631. The van der Waals surface area contributed by atoms with Gasteiger partial charge in [0.1, 0.15) is 5.71 Å². The van der Waals surface area contributed by atoms with Crippen LogP contribution in [0.3, 0.4) is 0 Å². The Kier molecular flexibility index (Phi) is 42.4. The molecule has 0 aliphatic heterocycles. The van der Waals surface area contributed by atoms with Gasteiger partial charge in [0.2, 0.25) is 5.84 Å². The molecule has 0 heterocycles. The minimum atomic E-state index is -4.08. The Morgan fingerprint density at radius 3 is 1.67 bits per heavy atom. The lowest BCUT2D eigenvalue weighted by Crippen LogP contribution is -3.00. The molecule has 0 aromatic rings. The van der Waals surface area contributed by atoms with Crippen molar-refractivity contribution in [1.29, 1.82) is 0 Å². The summed E-state index contributed by atoms with van der Waals surface area (Å²) in [5, 5.41) is 6.02. The van der Waals surface area contributed by atoms with Crippen molar-refractivity contribution in [2.24, 2.45) is 11.5 Å². The Bertz CT molecular complexity index is 698. The van der Waals surface area contributed by atoms with Gasteiger partial charge in [-0.05, 0) is 78.0 Å². The molecular formula is C31H68Cl2N5O3S-. The number of rotatable bonds is 28. The summed E-state index contributed by atoms with van der Waals surface area (Å²) >= 11 is 0. The molecule has 0 saturated carbocycles. The average molecular weight is 662 g/mol. The van der Waals surface area contributed by atoms with Gasteiger partial charge in [-0.1, -0.05) is 78.1 Å². The Hall–Kier alpha value is -0.450. The summed E-state index contributed by atoms with van der Waals surface area (Å²) in [6.45, 7) is 10.8. The molecule has 0 rings (SSSR count). The van der Waals surface area contributed by atoms with E-state index in [0.29, 0.717) is 13.0 Å². The van der Waals surface area contributed by atoms with Gasteiger partial charge in [0, 0.05) is 25.0 Å². The molecule has 0 bridgehead atoms. The predicted molar refractivity (Wildman–Crippen MR) is 171 cm³/mol. The topological polar surface area (TPSA) is 152 Å². The van der Waals surface area contributed by atoms with Gasteiger partial charge in [0.25, 0.3) is 0 Å². The molecule has 0 saturated heterocycles. The molecule has 0 unspecified atom stereocenters. The third kappa shape index (κ3) is 41.7. The van der Waals surface area contributed by atoms with E-state index >= 15 is 0 Å². The average Bonchev–Trinajstić information content (AvgIpc) is 2.90. The first-order chi connectivity index (χ1) is 19.2. The largest absolute Gasteiger partial charge is 1.00 e. The van der Waals surface area contributed by atoms with Crippen molar-refractivity contribution in [2.45, 2.75) is 149 Å². The number of nitrogens with two attached hydrogens (primary N) is 3. The number of hydrogen-bond acceptors (Lipinski definition) is 5. The second-order valence-corrected chi connectivity index (χ2v) is 12.7. The maximum atomic E-state index is 10.6. The van der Waals surface area contributed by atoms with Crippen LogP contribution in [0.2, 0.25) is 0 Å². The smallest absolute Gasteiger partial charge is 0.240 e. The molecule has 0 aliphatic carbocycles. The standard InChI is InChI=1S/C16H35N3O3S.C15H32N2.2ClH/c1-3-12-19(14-10-15-23(20,21)22)13-9-7-5-6-8-11-16(17)18-4-2;1-2-3-4-9-12-15(17)13-10-7-5-6-8-11-14-16;;/h3-15H2,1-2H3,(H2,17,18)(H,20,21,22);17H,2-14,16H2,1H3;2*1H/p-1. The maximum absolute atomic E-state index is 10.6. The molecule has 42 heavy (non-hydrogen) atoms. The van der Waals surface area contributed by atoms with Gasteiger partial charge in [0.15, 0.2) is 0 Å². The van der Waals surface area contributed by atoms with Gasteiger partial charge >= 0.3 is 0 Å². The zero-order valence-corrected chi connectivity index (χ0v) is 29.8. The van der Waals surface area contributed by atoms with Gasteiger partial charge in [-0.2, -0.15) is 0 Å². The summed E-state index contributed by atoms with van der Waals surface area (Å²) in [7, 11) is -4.08. The maximum Gasteiger partial charge on any atom is 0.240 e. The second-order valence-electron chi connectivity index (χ2n) is 11.2. The lowest BCUT2D eigenvalue weighted by molar-refractivity contribution is -0.454. The van der Waals surface area contributed by atoms with Crippen LogP contribution >= 0.6 is 0 Å². The lowest BCUT2D eigenvalue weighted by atomic mass is 10.0. The van der Waals surface area contributed by atoms with Crippen molar-refractivity contribution in [2.75, 3.05) is 38.5 Å². The molecule has 7 N–H and O–H groups in total. The summed E-state index contributed by atoms with van der Waals surface area (Å²) < 4.78 is 31.9. The highest BCUT2D eigenvalue weighted by molar-refractivity contribution is 7.85. The van der Waals surface area contributed by atoms with Gasteiger partial charge in [-0.3, -0.25) is 16.1 Å². The zero-order chi connectivity index (χ0) is 30.3. The van der Waals surface area contributed by atoms with Crippen LogP contribution in [-0.4, -0.2) is 67.9 Å². The van der Waals surface area contributed by atoms with Crippen molar-refractivity contribution < 1.29 is 48.2 Å². The highest BCUT2D eigenvalue weighted by Crippen LogP contribution is 2.10. The first-order valence-corrected chi connectivity index (χ1v) is 18.1. The van der Waals surface area contributed by atoms with E-state index in [1.54, 1.807) is 0 Å². The van der Waals surface area contributed by atoms with E-state index in [2.05, 4.69) is 23.7 Å². The van der Waals surface area contributed by atoms with Crippen molar-refractivity contribution in [3.05, 3.63) is 0 Å². The summed E-state index contributed by atoms with van der Waals surface area (Å²) in [6, 6.07) is 0. The highest BCUT2D eigenvalue weighted by Gasteiger charge is 2.06. The summed E-state index contributed by atoms with van der Waals surface area (Å²) in [5.41, 5.74) is 12.5. The second kappa shape index (κ2) is 36.7. The minimum absolute atomic E-state index is 0. The molecular weight excluding hydrogens is 593 g/mol. The van der Waals surface area contributed by atoms with Crippen LogP contribution in [0.5, 0.6) is 0 Å². The Morgan fingerprint density at radius 1 is 0.690 bits per heavy atom. The number of halogens is 2. The minimum Gasteiger partial charge on any atom is -1.00 e. The molecule has 0 atom stereocenters. The molecule has 0 amide bonds. The van der Waals surface area contributed by atoms with E-state index in [4.69, 9.17) is 16.9 Å². The van der Waals surface area contributed by atoms with Crippen LogP contribution in [0.15, 0.2) is 0 Å². The molecule has 11 heteroatoms. The number of nitrogens with zero attached hydrogens (tertiary/aromatic N) is 1. The molecule has 0 aliphatic rings. The molecule has 256 valence electrons. The Labute approximate surface area is 273 Å². The SMILES string of the molecule is CCCCCCC(=[NH2+])CCCCCCCCN.CCCN(CCCCCCCC(N)=[NH+]CC)CCCS(=O)(=O)[O-].[Cl-].[Cl-]. The molecule has 0 spiro atoms. The van der Waals surface area contributed by atoms with Gasteiger partial charge in [-0.25, -0.2) is 8.42 Å². The Balaban J connectivity index is -0.000000342. The predicted octanol–water partition coefficient (Wildman–Crippen LogP) is -2.71. The number of nitrogens with one attached hydrogen (secondary N) is 1. The fraction of sp³-hybridized carbons (Fsp3) is 0.935. The van der Waals surface area contributed by atoms with Crippen LogP contribution in [0.25, 0.3) is 0 Å². The van der Waals surface area contributed by atoms with E-state index in [-0.39, 0.29) is 30.6 Å². The van der Waals surface area contributed by atoms with Crippen molar-refractivity contribution in [3.8, 4) is 0 Å². The highest BCUT2D eigenvalue weighted by atomic mass is 35.5. The number of unbranched alkanes of at least 4 members (excludes halogenated alkanes) is 12. The molecule has 0 aromatic carbocycles. The molecule has 0 aromatic heterocycles. The summed E-state index contributed by atoms with van der Waals surface area (Å²) in [4.78, 5) is 5.40. The van der Waals surface area contributed by atoms with E-state index in [1.165, 1.54) is 89.2 Å².